The first-order chi connectivity index (χ1) is 16.8. The van der Waals surface area contributed by atoms with Crippen LogP contribution in [0.1, 0.15) is 48.5 Å². The average Bonchev–Trinajstić information content (AvgIpc) is 3.00. The van der Waals surface area contributed by atoms with Crippen LogP contribution in [0.2, 0.25) is 0 Å². The summed E-state index contributed by atoms with van der Waals surface area (Å²) in [6.45, 7) is 4.95. The molecule has 3 aromatic rings. The van der Waals surface area contributed by atoms with Gasteiger partial charge in [0.2, 0.25) is 10.0 Å². The van der Waals surface area contributed by atoms with Gasteiger partial charge in [0.1, 0.15) is 6.54 Å². The minimum Gasteiger partial charge on any atom is -0.465 e. The maximum atomic E-state index is 13.0. The zero-order valence-corrected chi connectivity index (χ0v) is 21.5. The fraction of sp³-hybridized carbons (Fsp3) is 0.400. The molecule has 0 radical (unpaired) electrons. The summed E-state index contributed by atoms with van der Waals surface area (Å²) >= 11 is 1.31. The summed E-state index contributed by atoms with van der Waals surface area (Å²) in [5.41, 5.74) is 2.12. The molecule has 0 bridgehead atoms. The van der Waals surface area contributed by atoms with E-state index < -0.39 is 21.9 Å². The Labute approximate surface area is 208 Å². The molecule has 0 unspecified atom stereocenters. The number of esters is 1. The number of thiazole rings is 1. The van der Waals surface area contributed by atoms with Gasteiger partial charge in [0, 0.05) is 18.7 Å². The van der Waals surface area contributed by atoms with E-state index in [-0.39, 0.29) is 23.6 Å². The molecule has 1 amide bonds. The molecule has 10 heteroatoms. The largest absolute Gasteiger partial charge is 0.465 e. The zero-order chi connectivity index (χ0) is 25.0. The number of aryl methyl sites for hydroxylation is 1. The molecule has 8 nitrogen and oxygen atoms in total. The van der Waals surface area contributed by atoms with Crippen molar-refractivity contribution < 1.29 is 22.7 Å². The number of carbonyl (C=O) groups is 2. The van der Waals surface area contributed by atoms with Crippen LogP contribution in [-0.2, 0) is 26.1 Å². The van der Waals surface area contributed by atoms with Crippen molar-refractivity contribution in [3.8, 4) is 0 Å². The van der Waals surface area contributed by atoms with Gasteiger partial charge in [0.15, 0.2) is 4.80 Å². The van der Waals surface area contributed by atoms with Crippen molar-refractivity contribution in [2.45, 2.75) is 51.0 Å². The molecule has 0 saturated carbocycles. The highest BCUT2D eigenvalue weighted by Gasteiger charge is 2.25. The second-order valence-corrected chi connectivity index (χ2v) is 11.5. The fourth-order valence-corrected chi connectivity index (χ4v) is 6.75. The van der Waals surface area contributed by atoms with Gasteiger partial charge in [-0.25, -0.2) is 8.42 Å². The predicted molar refractivity (Wildman–Crippen MR) is 135 cm³/mol. The van der Waals surface area contributed by atoms with Gasteiger partial charge >= 0.3 is 5.97 Å². The third-order valence-corrected chi connectivity index (χ3v) is 8.89. The van der Waals surface area contributed by atoms with Gasteiger partial charge in [-0.3, -0.25) is 9.59 Å². The third kappa shape index (κ3) is 5.71. The molecule has 1 aromatic heterocycles. The van der Waals surface area contributed by atoms with Crippen molar-refractivity contribution >= 4 is 43.5 Å². The normalized spacial score (nSPS) is 15.8. The number of hydrogen-bond acceptors (Lipinski definition) is 6. The summed E-state index contributed by atoms with van der Waals surface area (Å²) in [5, 5.41) is 0. The van der Waals surface area contributed by atoms with Gasteiger partial charge in [0.25, 0.3) is 5.91 Å². The molecule has 1 saturated heterocycles. The van der Waals surface area contributed by atoms with Gasteiger partial charge in [-0.15, -0.1) is 0 Å². The number of amides is 1. The van der Waals surface area contributed by atoms with Crippen LogP contribution in [0.25, 0.3) is 10.2 Å². The second kappa shape index (κ2) is 10.8. The summed E-state index contributed by atoms with van der Waals surface area (Å²) in [7, 11) is -3.60. The summed E-state index contributed by atoms with van der Waals surface area (Å²) in [5.74, 6) is -0.922. The molecule has 35 heavy (non-hydrogen) atoms. The van der Waals surface area contributed by atoms with Gasteiger partial charge in [0.05, 0.1) is 21.7 Å². The van der Waals surface area contributed by atoms with Crippen molar-refractivity contribution in [2.75, 3.05) is 19.7 Å². The van der Waals surface area contributed by atoms with Gasteiger partial charge in [-0.2, -0.15) is 9.30 Å². The number of aromatic nitrogens is 1. The van der Waals surface area contributed by atoms with Crippen LogP contribution >= 0.6 is 11.3 Å². The van der Waals surface area contributed by atoms with Crippen LogP contribution in [-0.4, -0.2) is 48.9 Å². The molecule has 2 aromatic carbocycles. The summed E-state index contributed by atoms with van der Waals surface area (Å²) in [6.07, 6.45) is 3.78. The molecule has 0 N–H and O–H groups in total. The van der Waals surface area contributed by atoms with Crippen LogP contribution < -0.4 is 4.80 Å². The van der Waals surface area contributed by atoms with Gasteiger partial charge in [-0.05, 0) is 68.7 Å². The minimum atomic E-state index is -3.60. The Morgan fingerprint density at radius 3 is 2.37 bits per heavy atom. The molecule has 1 aliphatic heterocycles. The van der Waals surface area contributed by atoms with Crippen LogP contribution in [0.4, 0.5) is 0 Å². The predicted octanol–water partition coefficient (Wildman–Crippen LogP) is 3.88. The maximum Gasteiger partial charge on any atom is 0.326 e. The monoisotopic (exact) mass is 515 g/mol. The topological polar surface area (TPSA) is 98.0 Å². The Morgan fingerprint density at radius 2 is 1.71 bits per heavy atom. The van der Waals surface area contributed by atoms with Crippen LogP contribution in [0.5, 0.6) is 0 Å². The lowest BCUT2D eigenvalue weighted by atomic mass is 10.2. The van der Waals surface area contributed by atoms with E-state index in [1.807, 2.05) is 25.1 Å². The smallest absolute Gasteiger partial charge is 0.326 e. The summed E-state index contributed by atoms with van der Waals surface area (Å²) in [6, 6.07) is 11.7. The highest BCUT2D eigenvalue weighted by atomic mass is 32.2. The molecule has 186 valence electrons. The van der Waals surface area contributed by atoms with E-state index >= 15 is 0 Å². The van der Waals surface area contributed by atoms with E-state index in [9.17, 15) is 18.0 Å². The van der Waals surface area contributed by atoms with Crippen LogP contribution in [0.3, 0.4) is 0 Å². The Kier molecular flexibility index (Phi) is 7.83. The average molecular weight is 516 g/mol. The number of carbonyl (C=O) groups excluding carboxylic acids is 2. The lowest BCUT2D eigenvalue weighted by molar-refractivity contribution is -0.143. The van der Waals surface area contributed by atoms with E-state index in [1.54, 1.807) is 11.5 Å². The molecule has 2 heterocycles. The zero-order valence-electron chi connectivity index (χ0n) is 19.9. The van der Waals surface area contributed by atoms with Gasteiger partial charge < -0.3 is 9.30 Å². The van der Waals surface area contributed by atoms with E-state index in [4.69, 9.17) is 4.74 Å². The quantitative estimate of drug-likeness (QED) is 0.464. The van der Waals surface area contributed by atoms with Crippen LogP contribution in [0, 0.1) is 6.92 Å². The van der Waals surface area contributed by atoms with Crippen molar-refractivity contribution in [3.05, 3.63) is 58.4 Å². The number of rotatable bonds is 6. The van der Waals surface area contributed by atoms with E-state index in [0.29, 0.717) is 17.9 Å². The van der Waals surface area contributed by atoms with E-state index in [2.05, 4.69) is 4.99 Å². The second-order valence-electron chi connectivity index (χ2n) is 8.51. The van der Waals surface area contributed by atoms with E-state index in [1.165, 1.54) is 39.9 Å². The Hall–Kier alpha value is -2.82. The number of ether oxygens (including phenoxy) is 1. The number of nitrogens with zero attached hydrogens (tertiary/aromatic N) is 3. The first-order valence-electron chi connectivity index (χ1n) is 11.7. The molecular weight excluding hydrogens is 486 g/mol. The number of hydrogen-bond donors (Lipinski definition) is 0. The van der Waals surface area contributed by atoms with Crippen LogP contribution in [0.15, 0.2) is 52.4 Å². The molecule has 0 aliphatic carbocycles. The lowest BCUT2D eigenvalue weighted by Crippen LogP contribution is -2.31. The van der Waals surface area contributed by atoms with Crippen molar-refractivity contribution in [1.82, 2.24) is 8.87 Å². The number of fused-ring (bicyclic) bond motifs is 1. The van der Waals surface area contributed by atoms with Crippen molar-refractivity contribution in [3.63, 3.8) is 0 Å². The summed E-state index contributed by atoms with van der Waals surface area (Å²) in [4.78, 5) is 30.0. The molecule has 4 rings (SSSR count). The first-order valence-corrected chi connectivity index (χ1v) is 14.0. The van der Waals surface area contributed by atoms with Crippen molar-refractivity contribution in [2.24, 2.45) is 4.99 Å². The Morgan fingerprint density at radius 1 is 1.03 bits per heavy atom. The highest BCUT2D eigenvalue weighted by Crippen LogP contribution is 2.22. The Bertz CT molecular complexity index is 1400. The van der Waals surface area contributed by atoms with Gasteiger partial charge in [-0.1, -0.05) is 30.2 Å². The maximum absolute atomic E-state index is 13.0. The lowest BCUT2D eigenvalue weighted by Gasteiger charge is -2.19. The molecular formula is C25H29N3O5S2. The SMILES string of the molecule is CCOC(=O)Cn1c(=NC(=O)c2ccc(S(=O)(=O)N3CCCCCC3)cc2)sc2cc(C)ccc21. The molecule has 0 atom stereocenters. The van der Waals surface area contributed by atoms with Crippen molar-refractivity contribution in [1.29, 1.82) is 0 Å². The highest BCUT2D eigenvalue weighted by molar-refractivity contribution is 7.89. The number of benzene rings is 2. The summed E-state index contributed by atoms with van der Waals surface area (Å²) < 4.78 is 35.2. The minimum absolute atomic E-state index is 0.0595. The standard InChI is InChI=1S/C25H29N3O5S2/c1-3-33-23(29)17-28-21-13-8-18(2)16-22(21)34-25(28)26-24(30)19-9-11-20(12-10-19)35(31,32)27-14-6-4-5-7-15-27/h8-13,16H,3-7,14-15,17H2,1-2H3. The molecule has 1 fully saturated rings. The van der Waals surface area contributed by atoms with E-state index in [0.717, 1.165) is 41.5 Å². The third-order valence-electron chi connectivity index (χ3n) is 5.93. The first kappa shape index (κ1) is 25.3. The molecule has 1 aliphatic rings. The Balaban J connectivity index is 1.64. The number of sulfonamides is 1. The molecule has 0 spiro atoms. The fourth-order valence-electron chi connectivity index (χ4n) is 4.11.